The highest BCUT2D eigenvalue weighted by Gasteiger charge is 2.26. The van der Waals surface area contributed by atoms with Gasteiger partial charge in [0, 0.05) is 6.04 Å². The predicted octanol–water partition coefficient (Wildman–Crippen LogP) is 3.27. The fraction of sp³-hybridized carbons (Fsp3) is 0.846. The Hall–Kier alpha value is -0.300. The fourth-order valence-electron chi connectivity index (χ4n) is 2.48. The zero-order valence-electron chi connectivity index (χ0n) is 9.39. The molecule has 2 aliphatic rings. The van der Waals surface area contributed by atoms with E-state index in [4.69, 9.17) is 0 Å². The molecular weight excluding hydrogens is 170 g/mol. The van der Waals surface area contributed by atoms with Crippen molar-refractivity contribution >= 4 is 0 Å². The Kier molecular flexibility index (Phi) is 3.63. The summed E-state index contributed by atoms with van der Waals surface area (Å²) in [6.07, 6.45) is 12.4. The maximum Gasteiger partial charge on any atom is 0.0281 e. The van der Waals surface area contributed by atoms with E-state index in [9.17, 15) is 0 Å². The summed E-state index contributed by atoms with van der Waals surface area (Å²) in [5, 5.41) is 3.66. The van der Waals surface area contributed by atoms with Gasteiger partial charge in [-0.15, -0.1) is 0 Å². The van der Waals surface area contributed by atoms with Crippen molar-refractivity contribution in [3.05, 3.63) is 11.6 Å². The zero-order valence-corrected chi connectivity index (χ0v) is 9.39. The van der Waals surface area contributed by atoms with Crippen molar-refractivity contribution in [3.8, 4) is 0 Å². The molecule has 1 heteroatoms. The molecule has 1 saturated carbocycles. The lowest BCUT2D eigenvalue weighted by Crippen LogP contribution is -2.31. The summed E-state index contributed by atoms with van der Waals surface area (Å²) in [6, 6.07) is 0.716. The number of nitrogens with one attached hydrogen (secondary N) is 1. The molecule has 1 atom stereocenters. The van der Waals surface area contributed by atoms with Crippen molar-refractivity contribution in [1.29, 1.82) is 0 Å². The van der Waals surface area contributed by atoms with E-state index in [1.807, 2.05) is 0 Å². The molecule has 0 radical (unpaired) electrons. The van der Waals surface area contributed by atoms with Crippen LogP contribution in [0.5, 0.6) is 0 Å². The molecule has 0 spiro atoms. The lowest BCUT2D eigenvalue weighted by atomic mass is 9.91. The van der Waals surface area contributed by atoms with Gasteiger partial charge in [-0.25, -0.2) is 0 Å². The summed E-state index contributed by atoms with van der Waals surface area (Å²) in [6.45, 7) is 3.35. The number of allylic oxidation sites excluding steroid dienone is 1. The molecule has 2 aliphatic carbocycles. The maximum atomic E-state index is 3.66. The summed E-state index contributed by atoms with van der Waals surface area (Å²) in [4.78, 5) is 0. The van der Waals surface area contributed by atoms with E-state index in [1.54, 1.807) is 5.57 Å². The Morgan fingerprint density at radius 3 is 2.86 bits per heavy atom. The third-order valence-corrected chi connectivity index (χ3v) is 3.49. The van der Waals surface area contributed by atoms with Crippen LogP contribution in [0, 0.1) is 5.92 Å². The van der Waals surface area contributed by atoms with Gasteiger partial charge in [-0.2, -0.15) is 0 Å². The summed E-state index contributed by atoms with van der Waals surface area (Å²) in [7, 11) is 0. The van der Waals surface area contributed by atoms with Gasteiger partial charge in [0.1, 0.15) is 0 Å². The average molecular weight is 193 g/mol. The first-order chi connectivity index (χ1) is 6.90. The van der Waals surface area contributed by atoms with Crippen LogP contribution in [0.3, 0.4) is 0 Å². The summed E-state index contributed by atoms with van der Waals surface area (Å²) in [5.41, 5.74) is 1.71. The predicted molar refractivity (Wildman–Crippen MR) is 61.4 cm³/mol. The van der Waals surface area contributed by atoms with Gasteiger partial charge in [0.15, 0.2) is 0 Å². The molecule has 0 aromatic heterocycles. The molecule has 0 aromatic rings. The van der Waals surface area contributed by atoms with Crippen LogP contribution < -0.4 is 5.32 Å². The van der Waals surface area contributed by atoms with Crippen LogP contribution >= 0.6 is 0 Å². The highest BCUT2D eigenvalue weighted by atomic mass is 14.9. The van der Waals surface area contributed by atoms with Gasteiger partial charge in [0.05, 0.1) is 0 Å². The Balaban J connectivity index is 1.89. The summed E-state index contributed by atoms with van der Waals surface area (Å²) >= 11 is 0. The molecule has 2 rings (SSSR count). The molecule has 0 heterocycles. The third-order valence-electron chi connectivity index (χ3n) is 3.49. The second-order valence-corrected chi connectivity index (χ2v) is 4.81. The lowest BCUT2D eigenvalue weighted by molar-refractivity contribution is 0.491. The zero-order chi connectivity index (χ0) is 9.80. The average Bonchev–Trinajstić information content (AvgIpc) is 3.03. The molecule has 1 unspecified atom stereocenters. The highest BCUT2D eigenvalue weighted by molar-refractivity contribution is 5.14. The highest BCUT2D eigenvalue weighted by Crippen LogP contribution is 2.36. The number of hydrogen-bond donors (Lipinski definition) is 1. The van der Waals surface area contributed by atoms with Gasteiger partial charge in [-0.05, 0) is 44.6 Å². The van der Waals surface area contributed by atoms with Gasteiger partial charge < -0.3 is 5.32 Å². The van der Waals surface area contributed by atoms with Crippen molar-refractivity contribution in [2.24, 2.45) is 5.92 Å². The Labute approximate surface area is 88.0 Å². The normalized spacial score (nSPS) is 24.5. The molecule has 0 saturated heterocycles. The standard InChI is InChI=1S/C13H23N/c1-2-14-13(10-11-8-9-11)12-6-4-3-5-7-12/h6,11,13-14H,2-5,7-10H2,1H3. The van der Waals surface area contributed by atoms with E-state index in [-0.39, 0.29) is 0 Å². The second kappa shape index (κ2) is 4.97. The number of likely N-dealkylation sites (N-methyl/N-ethyl adjacent to an activating group) is 1. The topological polar surface area (TPSA) is 12.0 Å². The Bertz CT molecular complexity index is 203. The van der Waals surface area contributed by atoms with Gasteiger partial charge in [0.2, 0.25) is 0 Å². The monoisotopic (exact) mass is 193 g/mol. The minimum Gasteiger partial charge on any atom is -0.311 e. The molecule has 0 aliphatic heterocycles. The summed E-state index contributed by atoms with van der Waals surface area (Å²) in [5.74, 6) is 1.04. The van der Waals surface area contributed by atoms with Gasteiger partial charge in [-0.3, -0.25) is 0 Å². The minimum absolute atomic E-state index is 0.716. The van der Waals surface area contributed by atoms with Crippen LogP contribution in [0.1, 0.15) is 51.9 Å². The van der Waals surface area contributed by atoms with Crippen LogP contribution in [0.15, 0.2) is 11.6 Å². The van der Waals surface area contributed by atoms with E-state index in [0.29, 0.717) is 6.04 Å². The lowest BCUT2D eigenvalue weighted by Gasteiger charge is -2.24. The van der Waals surface area contributed by atoms with Crippen molar-refractivity contribution in [1.82, 2.24) is 5.32 Å². The van der Waals surface area contributed by atoms with Crippen LogP contribution in [0.4, 0.5) is 0 Å². The van der Waals surface area contributed by atoms with Gasteiger partial charge in [-0.1, -0.05) is 31.4 Å². The molecule has 1 fully saturated rings. The molecular formula is C13H23N. The number of hydrogen-bond acceptors (Lipinski definition) is 1. The molecule has 1 N–H and O–H groups in total. The third kappa shape index (κ3) is 2.84. The maximum absolute atomic E-state index is 3.66. The molecule has 0 bridgehead atoms. The molecule has 0 amide bonds. The quantitative estimate of drug-likeness (QED) is 0.661. The fourth-order valence-corrected chi connectivity index (χ4v) is 2.48. The first kappa shape index (κ1) is 10.2. The molecule has 1 nitrogen and oxygen atoms in total. The molecule has 80 valence electrons. The van der Waals surface area contributed by atoms with Gasteiger partial charge in [0.25, 0.3) is 0 Å². The van der Waals surface area contributed by atoms with Crippen molar-refractivity contribution in [2.75, 3.05) is 6.54 Å². The minimum atomic E-state index is 0.716. The van der Waals surface area contributed by atoms with E-state index < -0.39 is 0 Å². The van der Waals surface area contributed by atoms with E-state index in [2.05, 4.69) is 18.3 Å². The van der Waals surface area contributed by atoms with Crippen LogP contribution in [0.2, 0.25) is 0 Å². The van der Waals surface area contributed by atoms with Crippen LogP contribution in [-0.2, 0) is 0 Å². The van der Waals surface area contributed by atoms with Crippen molar-refractivity contribution in [2.45, 2.75) is 57.9 Å². The first-order valence-electron chi connectivity index (χ1n) is 6.32. The smallest absolute Gasteiger partial charge is 0.0281 e. The Morgan fingerprint density at radius 1 is 1.43 bits per heavy atom. The molecule has 0 aromatic carbocycles. The van der Waals surface area contributed by atoms with E-state index in [1.165, 1.54) is 44.9 Å². The van der Waals surface area contributed by atoms with Gasteiger partial charge >= 0.3 is 0 Å². The van der Waals surface area contributed by atoms with Crippen molar-refractivity contribution < 1.29 is 0 Å². The largest absolute Gasteiger partial charge is 0.311 e. The van der Waals surface area contributed by atoms with Crippen molar-refractivity contribution in [3.63, 3.8) is 0 Å². The second-order valence-electron chi connectivity index (χ2n) is 4.81. The van der Waals surface area contributed by atoms with E-state index in [0.717, 1.165) is 12.5 Å². The van der Waals surface area contributed by atoms with Crippen LogP contribution in [-0.4, -0.2) is 12.6 Å². The summed E-state index contributed by atoms with van der Waals surface area (Å²) < 4.78 is 0. The first-order valence-corrected chi connectivity index (χ1v) is 6.32. The number of rotatable bonds is 5. The van der Waals surface area contributed by atoms with E-state index >= 15 is 0 Å². The molecule has 14 heavy (non-hydrogen) atoms. The Morgan fingerprint density at radius 2 is 2.29 bits per heavy atom. The SMILES string of the molecule is CCNC(CC1CC1)C1=CCCCC1. The van der Waals surface area contributed by atoms with Crippen LogP contribution in [0.25, 0.3) is 0 Å².